The van der Waals surface area contributed by atoms with E-state index in [2.05, 4.69) is 10.3 Å². The highest BCUT2D eigenvalue weighted by Gasteiger charge is 2.08. The van der Waals surface area contributed by atoms with Gasteiger partial charge >= 0.3 is 0 Å². The Kier molecular flexibility index (Phi) is 6.18. The molecule has 25 heavy (non-hydrogen) atoms. The van der Waals surface area contributed by atoms with E-state index in [1.54, 1.807) is 18.9 Å². The Hall–Kier alpha value is -1.76. The van der Waals surface area contributed by atoms with Crippen LogP contribution in [0, 0.1) is 0 Å². The third kappa shape index (κ3) is 5.11. The molecule has 0 unspecified atom stereocenters. The van der Waals surface area contributed by atoms with Crippen LogP contribution in [0.25, 0.3) is 10.2 Å². The number of nitrogens with one attached hydrogen (secondary N) is 1. The highest BCUT2D eigenvalue weighted by Crippen LogP contribution is 2.29. The summed E-state index contributed by atoms with van der Waals surface area (Å²) in [6.45, 7) is 0. The molecule has 3 aromatic rings. The molecule has 0 fully saturated rings. The van der Waals surface area contributed by atoms with Gasteiger partial charge in [-0.2, -0.15) is 0 Å². The van der Waals surface area contributed by atoms with Crippen LogP contribution >= 0.6 is 34.7 Å². The molecule has 7 heteroatoms. The van der Waals surface area contributed by atoms with Crippen molar-refractivity contribution in [3.63, 3.8) is 0 Å². The molecule has 0 atom stereocenters. The van der Waals surface area contributed by atoms with Gasteiger partial charge in [-0.1, -0.05) is 22.9 Å². The average Bonchev–Trinajstić information content (AvgIpc) is 3.01. The number of rotatable bonds is 7. The third-order valence-electron chi connectivity index (χ3n) is 3.47. The van der Waals surface area contributed by atoms with Crippen molar-refractivity contribution in [1.29, 1.82) is 0 Å². The number of thioether (sulfide) groups is 1. The minimum atomic E-state index is -0.0114. The zero-order chi connectivity index (χ0) is 17.6. The van der Waals surface area contributed by atoms with E-state index in [1.165, 1.54) is 11.3 Å². The molecule has 1 N–H and O–H groups in total. The Morgan fingerprint density at radius 2 is 2.08 bits per heavy atom. The van der Waals surface area contributed by atoms with E-state index in [4.69, 9.17) is 16.3 Å². The number of hydrogen-bond acceptors (Lipinski definition) is 5. The van der Waals surface area contributed by atoms with Crippen LogP contribution in [0.1, 0.15) is 12.8 Å². The van der Waals surface area contributed by atoms with E-state index < -0.39 is 0 Å². The maximum Gasteiger partial charge on any atom is 0.226 e. The second-order valence-corrected chi connectivity index (χ2v) is 7.94. The zero-order valence-corrected chi connectivity index (χ0v) is 16.0. The molecule has 0 radical (unpaired) electrons. The number of methoxy groups -OCH3 is 1. The molecule has 0 bridgehead atoms. The van der Waals surface area contributed by atoms with Gasteiger partial charge in [0.25, 0.3) is 0 Å². The highest BCUT2D eigenvalue weighted by atomic mass is 35.5. The van der Waals surface area contributed by atoms with E-state index in [9.17, 15) is 4.79 Å². The fraction of sp³-hybridized carbons (Fsp3) is 0.222. The summed E-state index contributed by atoms with van der Waals surface area (Å²) in [5, 5.41) is 4.23. The number of halogens is 1. The van der Waals surface area contributed by atoms with Crippen molar-refractivity contribution in [2.45, 2.75) is 17.7 Å². The second-order valence-electron chi connectivity index (χ2n) is 5.31. The van der Waals surface area contributed by atoms with Gasteiger partial charge in [0.1, 0.15) is 5.75 Å². The van der Waals surface area contributed by atoms with Gasteiger partial charge in [0, 0.05) is 16.3 Å². The number of carbonyl (C=O) groups excluding carboxylic acids is 1. The standard InChI is InChI=1S/C18H17ClN2O2S2/c1-23-13-6-9-15-16(11-13)25-18(20-15)21-17(22)3-2-10-24-14-7-4-12(19)5-8-14/h4-9,11H,2-3,10H2,1H3,(H,20,21,22). The Morgan fingerprint density at radius 1 is 1.28 bits per heavy atom. The lowest BCUT2D eigenvalue weighted by atomic mass is 10.3. The first-order valence-corrected chi connectivity index (χ1v) is 9.95. The number of carbonyl (C=O) groups is 1. The monoisotopic (exact) mass is 392 g/mol. The third-order valence-corrected chi connectivity index (χ3v) is 5.76. The van der Waals surface area contributed by atoms with Crippen molar-refractivity contribution in [3.8, 4) is 5.75 Å². The van der Waals surface area contributed by atoms with Gasteiger partial charge in [-0.05, 0) is 54.6 Å². The van der Waals surface area contributed by atoms with Crippen molar-refractivity contribution in [2.75, 3.05) is 18.2 Å². The van der Waals surface area contributed by atoms with Gasteiger partial charge < -0.3 is 10.1 Å². The Balaban J connectivity index is 1.46. The van der Waals surface area contributed by atoms with Crippen LogP contribution in [0.3, 0.4) is 0 Å². The molecule has 0 aliphatic heterocycles. The lowest BCUT2D eigenvalue weighted by molar-refractivity contribution is -0.116. The molecule has 1 amide bonds. The summed E-state index contributed by atoms with van der Waals surface area (Å²) < 4.78 is 6.20. The van der Waals surface area contributed by atoms with E-state index in [0.29, 0.717) is 11.6 Å². The number of fused-ring (bicyclic) bond motifs is 1. The van der Waals surface area contributed by atoms with Gasteiger partial charge in [-0.3, -0.25) is 4.79 Å². The first kappa shape index (κ1) is 18.0. The number of aromatic nitrogens is 1. The normalized spacial score (nSPS) is 10.8. The minimum Gasteiger partial charge on any atom is -0.497 e. The lowest BCUT2D eigenvalue weighted by Gasteiger charge is -2.02. The van der Waals surface area contributed by atoms with Gasteiger partial charge in [0.05, 0.1) is 17.3 Å². The van der Waals surface area contributed by atoms with E-state index >= 15 is 0 Å². The van der Waals surface area contributed by atoms with Gasteiger partial charge in [-0.15, -0.1) is 11.8 Å². The van der Waals surface area contributed by atoms with E-state index in [-0.39, 0.29) is 5.91 Å². The number of thiazole rings is 1. The Morgan fingerprint density at radius 3 is 2.84 bits per heavy atom. The molecule has 0 saturated heterocycles. The topological polar surface area (TPSA) is 51.2 Å². The van der Waals surface area contributed by atoms with Crippen LogP contribution < -0.4 is 10.1 Å². The molecule has 0 saturated carbocycles. The van der Waals surface area contributed by atoms with Gasteiger partial charge in [0.2, 0.25) is 5.91 Å². The van der Waals surface area contributed by atoms with Crippen molar-refractivity contribution >= 4 is 56.0 Å². The molecule has 3 rings (SSSR count). The predicted molar refractivity (Wildman–Crippen MR) is 106 cm³/mol. The largest absolute Gasteiger partial charge is 0.497 e. The summed E-state index contributed by atoms with van der Waals surface area (Å²) in [6, 6.07) is 13.4. The van der Waals surface area contributed by atoms with Crippen LogP contribution in [0.2, 0.25) is 5.02 Å². The second kappa shape index (κ2) is 8.56. The SMILES string of the molecule is COc1ccc2nc(NC(=O)CCCSc3ccc(Cl)cc3)sc2c1. The molecule has 0 aliphatic rings. The van der Waals surface area contributed by atoms with E-state index in [0.717, 1.165) is 38.1 Å². The van der Waals surface area contributed by atoms with Crippen LogP contribution in [0.4, 0.5) is 5.13 Å². The predicted octanol–water partition coefficient (Wildman–Crippen LogP) is 5.47. The van der Waals surface area contributed by atoms with Crippen molar-refractivity contribution in [1.82, 2.24) is 4.98 Å². The summed E-state index contributed by atoms with van der Waals surface area (Å²) in [7, 11) is 1.63. The molecular formula is C18H17ClN2O2S2. The van der Waals surface area contributed by atoms with Gasteiger partial charge in [-0.25, -0.2) is 4.98 Å². The number of hydrogen-bond donors (Lipinski definition) is 1. The fourth-order valence-electron chi connectivity index (χ4n) is 2.22. The summed E-state index contributed by atoms with van der Waals surface area (Å²) in [5.74, 6) is 1.66. The molecule has 0 aliphatic carbocycles. The Labute approximate surface area is 159 Å². The molecule has 0 spiro atoms. The van der Waals surface area contributed by atoms with Crippen LogP contribution in [-0.4, -0.2) is 23.8 Å². The maximum atomic E-state index is 12.1. The number of nitrogens with zero attached hydrogens (tertiary/aromatic N) is 1. The van der Waals surface area contributed by atoms with Crippen LogP contribution in [0.15, 0.2) is 47.4 Å². The zero-order valence-electron chi connectivity index (χ0n) is 13.6. The maximum absolute atomic E-state index is 12.1. The van der Waals surface area contributed by atoms with Crippen molar-refractivity contribution < 1.29 is 9.53 Å². The summed E-state index contributed by atoms with van der Waals surface area (Å²) in [5.41, 5.74) is 0.861. The molecule has 1 aromatic heterocycles. The number of anilines is 1. The summed E-state index contributed by atoms with van der Waals surface area (Å²) >= 11 is 9.04. The first-order chi connectivity index (χ1) is 12.1. The smallest absolute Gasteiger partial charge is 0.226 e. The average molecular weight is 393 g/mol. The molecule has 2 aromatic carbocycles. The Bertz CT molecular complexity index is 865. The summed E-state index contributed by atoms with van der Waals surface area (Å²) in [4.78, 5) is 17.7. The van der Waals surface area contributed by atoms with Gasteiger partial charge in [0.15, 0.2) is 5.13 Å². The molecule has 1 heterocycles. The van der Waals surface area contributed by atoms with E-state index in [1.807, 2.05) is 42.5 Å². The fourth-order valence-corrected chi connectivity index (χ4v) is 4.11. The number of amides is 1. The van der Waals surface area contributed by atoms with Crippen LogP contribution in [-0.2, 0) is 4.79 Å². The van der Waals surface area contributed by atoms with Crippen LogP contribution in [0.5, 0.6) is 5.75 Å². The quantitative estimate of drug-likeness (QED) is 0.428. The molecular weight excluding hydrogens is 376 g/mol. The van der Waals surface area contributed by atoms with Crippen molar-refractivity contribution in [3.05, 3.63) is 47.5 Å². The molecule has 4 nitrogen and oxygen atoms in total. The van der Waals surface area contributed by atoms with Crippen molar-refractivity contribution in [2.24, 2.45) is 0 Å². The molecule has 130 valence electrons. The lowest BCUT2D eigenvalue weighted by Crippen LogP contribution is -2.11. The highest BCUT2D eigenvalue weighted by molar-refractivity contribution is 7.99. The first-order valence-electron chi connectivity index (χ1n) is 7.77. The number of benzene rings is 2. The number of ether oxygens (including phenoxy) is 1. The minimum absolute atomic E-state index is 0.0114. The summed E-state index contributed by atoms with van der Waals surface area (Å²) in [6.07, 6.45) is 1.28.